The number of rotatable bonds is 5. The fraction of sp³-hybridized carbons (Fsp3) is 0.357. The van der Waals surface area contributed by atoms with E-state index in [0.29, 0.717) is 0 Å². The van der Waals surface area contributed by atoms with Gasteiger partial charge in [-0.2, -0.15) is 0 Å². The molecule has 0 radical (unpaired) electrons. The maximum Gasteiger partial charge on any atom is 0.128 e. The predicted molar refractivity (Wildman–Crippen MR) is 76.0 cm³/mol. The molecule has 0 atom stereocenters. The number of anilines is 2. The lowest BCUT2D eigenvalue weighted by molar-refractivity contribution is 0.708. The first-order valence-electron chi connectivity index (χ1n) is 6.22. The summed E-state index contributed by atoms with van der Waals surface area (Å²) in [6.45, 7) is 3.82. The van der Waals surface area contributed by atoms with Crippen LogP contribution in [0.3, 0.4) is 0 Å². The average molecular weight is 244 g/mol. The lowest BCUT2D eigenvalue weighted by atomic mass is 10.2. The normalized spacial score (nSPS) is 10.4. The minimum Gasteiger partial charge on any atom is -0.376 e. The summed E-state index contributed by atoms with van der Waals surface area (Å²) < 4.78 is 2.14. The molecule has 1 N–H and O–H groups in total. The Hall–Kier alpha value is -1.97. The average Bonchev–Trinajstić information content (AvgIpc) is 2.84. The first-order chi connectivity index (χ1) is 8.72. The number of nitrogens with one attached hydrogen (secondary N) is 1. The van der Waals surface area contributed by atoms with Crippen LogP contribution < -0.4 is 10.2 Å². The van der Waals surface area contributed by atoms with Crippen LogP contribution in [-0.2, 0) is 13.1 Å². The lowest BCUT2D eigenvalue weighted by Crippen LogP contribution is -2.13. The molecule has 0 fully saturated rings. The molecule has 0 aliphatic carbocycles. The molecule has 1 aromatic carbocycles. The van der Waals surface area contributed by atoms with Gasteiger partial charge >= 0.3 is 0 Å². The van der Waals surface area contributed by atoms with Gasteiger partial charge in [0.2, 0.25) is 0 Å². The van der Waals surface area contributed by atoms with E-state index in [1.807, 2.05) is 38.6 Å². The number of para-hydroxylation sites is 2. The number of aromatic nitrogens is 2. The Labute approximate surface area is 108 Å². The summed E-state index contributed by atoms with van der Waals surface area (Å²) in [5.74, 6) is 1.06. The standard InChI is InChI=1S/C14H20N4/c1-4-18-10-9-15-14(18)11-16-12-7-5-6-8-13(12)17(2)3/h5-10,16H,4,11H2,1-3H3. The van der Waals surface area contributed by atoms with E-state index in [4.69, 9.17) is 0 Å². The van der Waals surface area contributed by atoms with E-state index >= 15 is 0 Å². The quantitative estimate of drug-likeness (QED) is 0.877. The zero-order valence-electron chi connectivity index (χ0n) is 11.2. The molecular formula is C14H20N4. The van der Waals surface area contributed by atoms with Gasteiger partial charge in [0.05, 0.1) is 17.9 Å². The van der Waals surface area contributed by atoms with Crippen molar-refractivity contribution in [1.29, 1.82) is 0 Å². The Morgan fingerprint density at radius 1 is 1.28 bits per heavy atom. The van der Waals surface area contributed by atoms with Crippen LogP contribution in [0.4, 0.5) is 11.4 Å². The molecule has 2 rings (SSSR count). The van der Waals surface area contributed by atoms with Gasteiger partial charge in [0.1, 0.15) is 5.82 Å². The molecule has 0 spiro atoms. The number of aryl methyl sites for hydroxylation is 1. The van der Waals surface area contributed by atoms with Gasteiger partial charge in [0, 0.05) is 33.0 Å². The van der Waals surface area contributed by atoms with Crippen molar-refractivity contribution in [2.24, 2.45) is 0 Å². The van der Waals surface area contributed by atoms with Crippen LogP contribution in [0.25, 0.3) is 0 Å². The summed E-state index contributed by atoms with van der Waals surface area (Å²) in [6.07, 6.45) is 3.85. The SMILES string of the molecule is CCn1ccnc1CNc1ccccc1N(C)C. The van der Waals surface area contributed by atoms with Crippen LogP contribution in [0.1, 0.15) is 12.7 Å². The van der Waals surface area contributed by atoms with Crippen LogP contribution in [0.5, 0.6) is 0 Å². The maximum absolute atomic E-state index is 4.36. The maximum atomic E-state index is 4.36. The fourth-order valence-corrected chi connectivity index (χ4v) is 1.98. The Bertz CT molecular complexity index is 502. The van der Waals surface area contributed by atoms with E-state index in [9.17, 15) is 0 Å². The Kier molecular flexibility index (Phi) is 3.87. The van der Waals surface area contributed by atoms with Crippen molar-refractivity contribution >= 4 is 11.4 Å². The summed E-state index contributed by atoms with van der Waals surface area (Å²) in [7, 11) is 4.10. The predicted octanol–water partition coefficient (Wildman–Crippen LogP) is 2.58. The molecular weight excluding hydrogens is 224 g/mol. The Morgan fingerprint density at radius 3 is 2.78 bits per heavy atom. The van der Waals surface area contributed by atoms with Crippen molar-refractivity contribution in [1.82, 2.24) is 9.55 Å². The molecule has 96 valence electrons. The van der Waals surface area contributed by atoms with Gasteiger partial charge < -0.3 is 14.8 Å². The third-order valence-electron chi connectivity index (χ3n) is 2.97. The molecule has 0 aliphatic rings. The molecule has 0 aliphatic heterocycles. The fourth-order valence-electron chi connectivity index (χ4n) is 1.98. The number of hydrogen-bond acceptors (Lipinski definition) is 3. The van der Waals surface area contributed by atoms with Gasteiger partial charge in [-0.05, 0) is 19.1 Å². The second kappa shape index (κ2) is 5.58. The van der Waals surface area contributed by atoms with E-state index in [-0.39, 0.29) is 0 Å². The first kappa shape index (κ1) is 12.5. The highest BCUT2D eigenvalue weighted by atomic mass is 15.1. The van der Waals surface area contributed by atoms with Gasteiger partial charge in [0.15, 0.2) is 0 Å². The molecule has 18 heavy (non-hydrogen) atoms. The second-order valence-electron chi connectivity index (χ2n) is 4.39. The van der Waals surface area contributed by atoms with Crippen LogP contribution >= 0.6 is 0 Å². The monoisotopic (exact) mass is 244 g/mol. The number of hydrogen-bond donors (Lipinski definition) is 1. The molecule has 0 saturated heterocycles. The summed E-state index contributed by atoms with van der Waals surface area (Å²) in [4.78, 5) is 6.47. The van der Waals surface area contributed by atoms with E-state index in [1.165, 1.54) is 5.69 Å². The third-order valence-corrected chi connectivity index (χ3v) is 2.97. The van der Waals surface area contributed by atoms with Gasteiger partial charge in [-0.1, -0.05) is 12.1 Å². The molecule has 0 unspecified atom stereocenters. The van der Waals surface area contributed by atoms with Gasteiger partial charge in [-0.25, -0.2) is 4.98 Å². The Balaban J connectivity index is 2.11. The molecule has 2 aromatic rings. The zero-order valence-corrected chi connectivity index (χ0v) is 11.2. The van der Waals surface area contributed by atoms with Crippen molar-refractivity contribution < 1.29 is 0 Å². The summed E-state index contributed by atoms with van der Waals surface area (Å²) in [6, 6.07) is 8.29. The zero-order chi connectivity index (χ0) is 13.0. The van der Waals surface area contributed by atoms with Gasteiger partial charge in [-0.15, -0.1) is 0 Å². The molecule has 0 saturated carbocycles. The third kappa shape index (κ3) is 2.64. The van der Waals surface area contributed by atoms with Gasteiger partial charge in [-0.3, -0.25) is 0 Å². The Morgan fingerprint density at radius 2 is 2.06 bits per heavy atom. The van der Waals surface area contributed by atoms with Crippen LogP contribution in [-0.4, -0.2) is 23.6 Å². The molecule has 0 bridgehead atoms. The van der Waals surface area contributed by atoms with Crippen LogP contribution in [0.2, 0.25) is 0 Å². The lowest BCUT2D eigenvalue weighted by Gasteiger charge is -2.18. The molecule has 4 heteroatoms. The topological polar surface area (TPSA) is 33.1 Å². The molecule has 4 nitrogen and oxygen atoms in total. The van der Waals surface area contributed by atoms with E-state index < -0.39 is 0 Å². The van der Waals surface area contributed by atoms with Crippen LogP contribution in [0, 0.1) is 0 Å². The minimum absolute atomic E-state index is 0.742. The van der Waals surface area contributed by atoms with E-state index in [2.05, 4.69) is 38.8 Å². The summed E-state index contributed by atoms with van der Waals surface area (Å²) in [5.41, 5.74) is 2.32. The highest BCUT2D eigenvalue weighted by Gasteiger charge is 2.05. The van der Waals surface area contributed by atoms with Crippen molar-refractivity contribution in [3.8, 4) is 0 Å². The molecule has 1 aromatic heterocycles. The minimum atomic E-state index is 0.742. The number of imidazole rings is 1. The largest absolute Gasteiger partial charge is 0.376 e. The number of nitrogens with zero attached hydrogens (tertiary/aromatic N) is 3. The van der Waals surface area contributed by atoms with Crippen molar-refractivity contribution in [3.63, 3.8) is 0 Å². The van der Waals surface area contributed by atoms with Crippen molar-refractivity contribution in [3.05, 3.63) is 42.5 Å². The van der Waals surface area contributed by atoms with E-state index in [1.54, 1.807) is 0 Å². The molecule has 1 heterocycles. The van der Waals surface area contributed by atoms with Crippen molar-refractivity contribution in [2.45, 2.75) is 20.0 Å². The highest BCUT2D eigenvalue weighted by molar-refractivity contribution is 5.69. The summed E-state index contributed by atoms with van der Waals surface area (Å²) >= 11 is 0. The first-order valence-corrected chi connectivity index (χ1v) is 6.22. The summed E-state index contributed by atoms with van der Waals surface area (Å²) in [5, 5.41) is 3.45. The number of benzene rings is 1. The van der Waals surface area contributed by atoms with E-state index in [0.717, 1.165) is 24.6 Å². The van der Waals surface area contributed by atoms with Crippen LogP contribution in [0.15, 0.2) is 36.7 Å². The second-order valence-corrected chi connectivity index (χ2v) is 4.39. The highest BCUT2D eigenvalue weighted by Crippen LogP contribution is 2.23. The van der Waals surface area contributed by atoms with Crippen molar-refractivity contribution in [2.75, 3.05) is 24.3 Å². The smallest absolute Gasteiger partial charge is 0.128 e. The molecule has 0 amide bonds. The van der Waals surface area contributed by atoms with Gasteiger partial charge in [0.25, 0.3) is 0 Å².